The first-order valence-electron chi connectivity index (χ1n) is 7.68. The third-order valence-corrected chi connectivity index (χ3v) is 3.09. The van der Waals surface area contributed by atoms with Crippen LogP contribution in [0.15, 0.2) is 24.8 Å². The highest BCUT2D eigenvalue weighted by molar-refractivity contribution is 5.65. The molecule has 110 valence electrons. The number of allylic oxidation sites excluding steroid dienone is 3. The lowest BCUT2D eigenvalue weighted by molar-refractivity contribution is -0.141. The number of hydrogen-bond donors (Lipinski definition) is 0. The first kappa shape index (κ1) is 17.9. The fourth-order valence-corrected chi connectivity index (χ4v) is 2.01. The molecule has 0 N–H and O–H groups in total. The van der Waals surface area contributed by atoms with E-state index in [2.05, 4.69) is 12.7 Å². The van der Waals surface area contributed by atoms with Crippen LogP contribution < -0.4 is 0 Å². The summed E-state index contributed by atoms with van der Waals surface area (Å²) in [6.07, 6.45) is 18.7. The summed E-state index contributed by atoms with van der Waals surface area (Å²) in [5.74, 6) is -0.164. The lowest BCUT2D eigenvalue weighted by atomic mass is 10.1. The zero-order chi connectivity index (χ0) is 14.2. The molecular weight excluding hydrogens is 236 g/mol. The normalized spacial score (nSPS) is 10.8. The highest BCUT2D eigenvalue weighted by atomic mass is 16.5. The molecule has 0 bridgehead atoms. The molecule has 0 rings (SSSR count). The summed E-state index contributed by atoms with van der Waals surface area (Å²) in [6.45, 7) is 5.71. The van der Waals surface area contributed by atoms with Crippen molar-refractivity contribution in [1.82, 2.24) is 0 Å². The number of carbonyl (C=O) groups excluding carboxylic acids is 1. The van der Waals surface area contributed by atoms with Crippen molar-refractivity contribution in [2.75, 3.05) is 6.61 Å². The SMILES string of the molecule is C=C/C=C\CCCCCCCCCCCOC(C)=O. The van der Waals surface area contributed by atoms with Crippen molar-refractivity contribution in [2.45, 2.75) is 71.1 Å². The van der Waals surface area contributed by atoms with Crippen molar-refractivity contribution in [1.29, 1.82) is 0 Å². The fraction of sp³-hybridized carbons (Fsp3) is 0.706. The van der Waals surface area contributed by atoms with Gasteiger partial charge in [-0.1, -0.05) is 69.8 Å². The van der Waals surface area contributed by atoms with Crippen LogP contribution >= 0.6 is 0 Å². The zero-order valence-corrected chi connectivity index (χ0v) is 12.5. The molecule has 0 aliphatic rings. The van der Waals surface area contributed by atoms with Gasteiger partial charge in [-0.3, -0.25) is 4.79 Å². The van der Waals surface area contributed by atoms with Crippen molar-refractivity contribution in [3.05, 3.63) is 24.8 Å². The summed E-state index contributed by atoms with van der Waals surface area (Å²) in [5, 5.41) is 0. The Balaban J connectivity index is 3.00. The average Bonchev–Trinajstić information content (AvgIpc) is 2.39. The Morgan fingerprint density at radius 1 is 0.947 bits per heavy atom. The van der Waals surface area contributed by atoms with Crippen LogP contribution in [0, 0.1) is 0 Å². The van der Waals surface area contributed by atoms with Crippen LogP contribution in [-0.2, 0) is 9.53 Å². The summed E-state index contributed by atoms with van der Waals surface area (Å²) in [7, 11) is 0. The molecular formula is C17H30O2. The first-order chi connectivity index (χ1) is 9.27. The molecule has 0 heterocycles. The van der Waals surface area contributed by atoms with Gasteiger partial charge in [-0.25, -0.2) is 0 Å². The zero-order valence-electron chi connectivity index (χ0n) is 12.5. The molecule has 0 aromatic heterocycles. The summed E-state index contributed by atoms with van der Waals surface area (Å²) < 4.78 is 4.89. The molecule has 0 aromatic carbocycles. The minimum absolute atomic E-state index is 0.164. The lowest BCUT2D eigenvalue weighted by Crippen LogP contribution is -2.00. The first-order valence-corrected chi connectivity index (χ1v) is 7.68. The van der Waals surface area contributed by atoms with Gasteiger partial charge in [0, 0.05) is 6.92 Å². The third-order valence-electron chi connectivity index (χ3n) is 3.09. The van der Waals surface area contributed by atoms with Crippen LogP contribution in [0.1, 0.15) is 71.1 Å². The minimum atomic E-state index is -0.164. The second kappa shape index (κ2) is 15.0. The van der Waals surface area contributed by atoms with E-state index in [4.69, 9.17) is 4.74 Å². The van der Waals surface area contributed by atoms with Gasteiger partial charge in [0.25, 0.3) is 0 Å². The number of hydrogen-bond acceptors (Lipinski definition) is 2. The predicted molar refractivity (Wildman–Crippen MR) is 82.1 cm³/mol. The summed E-state index contributed by atoms with van der Waals surface area (Å²) >= 11 is 0. The number of ether oxygens (including phenoxy) is 1. The van der Waals surface area contributed by atoms with Gasteiger partial charge in [0.05, 0.1) is 6.61 Å². The van der Waals surface area contributed by atoms with Crippen LogP contribution in [0.25, 0.3) is 0 Å². The quantitative estimate of drug-likeness (QED) is 0.260. The largest absolute Gasteiger partial charge is 0.466 e. The number of unbranched alkanes of at least 4 members (excludes halogenated alkanes) is 9. The van der Waals surface area contributed by atoms with Crippen LogP contribution in [0.4, 0.5) is 0 Å². The summed E-state index contributed by atoms with van der Waals surface area (Å²) in [6, 6.07) is 0. The number of esters is 1. The van der Waals surface area contributed by atoms with Gasteiger partial charge in [0.15, 0.2) is 0 Å². The van der Waals surface area contributed by atoms with Gasteiger partial charge < -0.3 is 4.74 Å². The van der Waals surface area contributed by atoms with E-state index in [1.165, 1.54) is 64.7 Å². The monoisotopic (exact) mass is 266 g/mol. The van der Waals surface area contributed by atoms with E-state index in [1.807, 2.05) is 12.2 Å². The Labute approximate surface area is 118 Å². The fourth-order valence-electron chi connectivity index (χ4n) is 2.01. The molecule has 0 aliphatic heterocycles. The molecule has 0 aromatic rings. The molecule has 19 heavy (non-hydrogen) atoms. The maximum atomic E-state index is 10.5. The summed E-state index contributed by atoms with van der Waals surface area (Å²) in [5.41, 5.74) is 0. The van der Waals surface area contributed by atoms with Crippen LogP contribution in [0.5, 0.6) is 0 Å². The molecule has 2 heteroatoms. The van der Waals surface area contributed by atoms with Gasteiger partial charge in [-0.15, -0.1) is 0 Å². The Kier molecular flexibility index (Phi) is 14.2. The molecule has 0 atom stereocenters. The predicted octanol–water partition coefficient (Wildman–Crippen LogP) is 5.19. The highest BCUT2D eigenvalue weighted by Crippen LogP contribution is 2.10. The van der Waals surface area contributed by atoms with Gasteiger partial charge in [0.2, 0.25) is 0 Å². The number of carbonyl (C=O) groups is 1. The second-order valence-electron chi connectivity index (χ2n) is 4.97. The number of rotatable bonds is 13. The molecule has 0 fully saturated rings. The van der Waals surface area contributed by atoms with Crippen LogP contribution in [-0.4, -0.2) is 12.6 Å². The van der Waals surface area contributed by atoms with E-state index in [0.29, 0.717) is 6.61 Å². The van der Waals surface area contributed by atoms with Crippen molar-refractivity contribution in [2.24, 2.45) is 0 Å². The lowest BCUT2D eigenvalue weighted by Gasteiger charge is -2.03. The molecule has 0 radical (unpaired) electrons. The van der Waals surface area contributed by atoms with Gasteiger partial charge in [-0.2, -0.15) is 0 Å². The Morgan fingerprint density at radius 3 is 2.00 bits per heavy atom. The van der Waals surface area contributed by atoms with Crippen molar-refractivity contribution in [3.8, 4) is 0 Å². The maximum absolute atomic E-state index is 10.5. The summed E-state index contributed by atoms with van der Waals surface area (Å²) in [4.78, 5) is 10.5. The third kappa shape index (κ3) is 16.9. The van der Waals surface area contributed by atoms with Gasteiger partial charge in [-0.05, 0) is 19.3 Å². The van der Waals surface area contributed by atoms with Crippen molar-refractivity contribution < 1.29 is 9.53 Å². The van der Waals surface area contributed by atoms with E-state index in [9.17, 15) is 4.79 Å². The Hall–Kier alpha value is -1.05. The van der Waals surface area contributed by atoms with Gasteiger partial charge in [0.1, 0.15) is 0 Å². The van der Waals surface area contributed by atoms with Crippen LogP contribution in [0.3, 0.4) is 0 Å². The molecule has 0 unspecified atom stereocenters. The molecule has 0 amide bonds. The van der Waals surface area contributed by atoms with E-state index in [1.54, 1.807) is 0 Å². The maximum Gasteiger partial charge on any atom is 0.302 e. The average molecular weight is 266 g/mol. The second-order valence-corrected chi connectivity index (χ2v) is 4.97. The topological polar surface area (TPSA) is 26.3 Å². The minimum Gasteiger partial charge on any atom is -0.466 e. The van der Waals surface area contributed by atoms with Gasteiger partial charge >= 0.3 is 5.97 Å². The Morgan fingerprint density at radius 2 is 1.47 bits per heavy atom. The van der Waals surface area contributed by atoms with E-state index >= 15 is 0 Å². The highest BCUT2D eigenvalue weighted by Gasteiger charge is 1.94. The smallest absolute Gasteiger partial charge is 0.302 e. The van der Waals surface area contributed by atoms with E-state index in [0.717, 1.165) is 6.42 Å². The molecule has 0 saturated heterocycles. The van der Waals surface area contributed by atoms with Crippen molar-refractivity contribution >= 4 is 5.97 Å². The molecule has 2 nitrogen and oxygen atoms in total. The molecule has 0 aliphatic carbocycles. The Bertz CT molecular complexity index is 244. The standard InChI is InChI=1S/C17H30O2/c1-3-4-5-6-7-8-9-10-11-12-13-14-15-16-19-17(2)18/h3-5H,1,6-16H2,2H3/b5-4-. The molecule has 0 saturated carbocycles. The van der Waals surface area contributed by atoms with Crippen molar-refractivity contribution in [3.63, 3.8) is 0 Å². The van der Waals surface area contributed by atoms with Crippen LogP contribution in [0.2, 0.25) is 0 Å². The molecule has 0 spiro atoms. The van der Waals surface area contributed by atoms with E-state index < -0.39 is 0 Å². The van der Waals surface area contributed by atoms with E-state index in [-0.39, 0.29) is 5.97 Å².